The molecule has 1 amide bonds. The molecule has 0 spiro atoms. The fraction of sp³-hybridized carbons (Fsp3) is 0.176. The fourth-order valence-corrected chi connectivity index (χ4v) is 2.36. The summed E-state index contributed by atoms with van der Waals surface area (Å²) in [5.74, 6) is -1.36. The van der Waals surface area contributed by atoms with Crippen molar-refractivity contribution < 1.29 is 14.7 Å². The van der Waals surface area contributed by atoms with Gasteiger partial charge in [-0.1, -0.05) is 29.3 Å². The molecule has 0 radical (unpaired) electrons. The van der Waals surface area contributed by atoms with Gasteiger partial charge in [0.25, 0.3) is 5.91 Å². The van der Waals surface area contributed by atoms with E-state index in [-0.39, 0.29) is 11.5 Å². The number of rotatable bonds is 3. The molecule has 0 aliphatic carbocycles. The average molecular weight is 283 g/mol. The highest BCUT2D eigenvalue weighted by Gasteiger charge is 2.15. The Hall–Kier alpha value is -2.62. The van der Waals surface area contributed by atoms with Gasteiger partial charge >= 0.3 is 5.97 Å². The number of carbonyl (C=O) groups excluding carboxylic acids is 1. The molecule has 0 atom stereocenters. The minimum atomic E-state index is -1.05. The summed E-state index contributed by atoms with van der Waals surface area (Å²) in [6.45, 7) is 5.54. The van der Waals surface area contributed by atoms with Gasteiger partial charge in [-0.2, -0.15) is 0 Å². The Balaban J connectivity index is 2.36. The van der Waals surface area contributed by atoms with Crippen LogP contribution in [0.3, 0.4) is 0 Å². The van der Waals surface area contributed by atoms with Gasteiger partial charge in [0, 0.05) is 5.56 Å². The molecule has 0 aliphatic heterocycles. The Kier molecular flexibility index (Phi) is 4.08. The molecule has 2 aromatic carbocycles. The van der Waals surface area contributed by atoms with Crippen molar-refractivity contribution >= 4 is 17.6 Å². The predicted octanol–water partition coefficient (Wildman–Crippen LogP) is 3.56. The zero-order valence-electron chi connectivity index (χ0n) is 12.2. The summed E-state index contributed by atoms with van der Waals surface area (Å²) >= 11 is 0. The van der Waals surface area contributed by atoms with Gasteiger partial charge in [-0.25, -0.2) is 4.79 Å². The highest BCUT2D eigenvalue weighted by molar-refractivity contribution is 6.08. The number of anilines is 1. The van der Waals surface area contributed by atoms with Gasteiger partial charge in [0.1, 0.15) is 0 Å². The highest BCUT2D eigenvalue weighted by atomic mass is 16.4. The van der Waals surface area contributed by atoms with Crippen molar-refractivity contribution in [1.29, 1.82) is 0 Å². The monoisotopic (exact) mass is 283 g/mol. The Morgan fingerprint density at radius 1 is 1.00 bits per heavy atom. The Morgan fingerprint density at radius 3 is 2.19 bits per heavy atom. The van der Waals surface area contributed by atoms with Crippen LogP contribution >= 0.6 is 0 Å². The molecule has 0 saturated heterocycles. The molecule has 2 N–H and O–H groups in total. The molecule has 21 heavy (non-hydrogen) atoms. The third kappa shape index (κ3) is 3.28. The van der Waals surface area contributed by atoms with Crippen molar-refractivity contribution in [3.63, 3.8) is 0 Å². The van der Waals surface area contributed by atoms with Gasteiger partial charge < -0.3 is 10.4 Å². The van der Waals surface area contributed by atoms with E-state index in [1.54, 1.807) is 37.3 Å². The zero-order valence-corrected chi connectivity index (χ0v) is 12.2. The molecule has 4 heteroatoms. The van der Waals surface area contributed by atoms with E-state index in [9.17, 15) is 14.7 Å². The average Bonchev–Trinajstić information content (AvgIpc) is 2.37. The molecule has 0 unspecified atom stereocenters. The maximum Gasteiger partial charge on any atom is 0.338 e. The third-order valence-electron chi connectivity index (χ3n) is 3.22. The zero-order chi connectivity index (χ0) is 15.6. The first-order chi connectivity index (χ1) is 9.88. The van der Waals surface area contributed by atoms with Gasteiger partial charge in [-0.05, 0) is 44.5 Å². The largest absolute Gasteiger partial charge is 0.478 e. The number of carbonyl (C=O) groups is 2. The number of hydrogen-bond donors (Lipinski definition) is 2. The number of carboxylic acids is 1. The van der Waals surface area contributed by atoms with Gasteiger partial charge in [0.05, 0.1) is 11.3 Å². The van der Waals surface area contributed by atoms with E-state index in [0.717, 1.165) is 11.1 Å². The second-order valence-electron chi connectivity index (χ2n) is 5.13. The summed E-state index contributed by atoms with van der Waals surface area (Å²) < 4.78 is 0. The first kappa shape index (κ1) is 14.8. The summed E-state index contributed by atoms with van der Waals surface area (Å²) in [5.41, 5.74) is 3.54. The Bertz CT molecular complexity index is 700. The molecular weight excluding hydrogens is 266 g/mol. The second kappa shape index (κ2) is 5.79. The predicted molar refractivity (Wildman–Crippen MR) is 82.0 cm³/mol. The van der Waals surface area contributed by atoms with Crippen molar-refractivity contribution in [2.45, 2.75) is 20.8 Å². The number of carboxylic acid groups (broad SMARTS) is 1. The van der Waals surface area contributed by atoms with E-state index in [0.29, 0.717) is 16.8 Å². The van der Waals surface area contributed by atoms with Crippen LogP contribution in [-0.2, 0) is 0 Å². The number of nitrogens with one attached hydrogen (secondary N) is 1. The lowest BCUT2D eigenvalue weighted by Crippen LogP contribution is -2.16. The summed E-state index contributed by atoms with van der Waals surface area (Å²) in [4.78, 5) is 23.6. The van der Waals surface area contributed by atoms with Gasteiger partial charge in [0.2, 0.25) is 0 Å². The lowest BCUT2D eigenvalue weighted by atomic mass is 10.0. The third-order valence-corrected chi connectivity index (χ3v) is 3.22. The molecule has 0 aromatic heterocycles. The van der Waals surface area contributed by atoms with Crippen molar-refractivity contribution in [2.75, 3.05) is 5.32 Å². The Labute approximate surface area is 123 Å². The Morgan fingerprint density at radius 2 is 1.62 bits per heavy atom. The minimum absolute atomic E-state index is 0.121. The molecular formula is C17H17NO3. The number of aryl methyl sites for hydroxylation is 3. The van der Waals surface area contributed by atoms with Crippen LogP contribution < -0.4 is 5.32 Å². The smallest absolute Gasteiger partial charge is 0.338 e. The maximum absolute atomic E-state index is 12.3. The van der Waals surface area contributed by atoms with Gasteiger partial charge in [0.15, 0.2) is 0 Å². The highest BCUT2D eigenvalue weighted by Crippen LogP contribution is 2.21. The van der Waals surface area contributed by atoms with E-state index in [4.69, 9.17) is 0 Å². The summed E-state index contributed by atoms with van der Waals surface area (Å²) in [6, 6.07) is 10.6. The molecule has 0 saturated carbocycles. The molecule has 2 rings (SSSR count). The molecule has 0 heterocycles. The summed E-state index contributed by atoms with van der Waals surface area (Å²) in [6.07, 6.45) is 0. The fourth-order valence-electron chi connectivity index (χ4n) is 2.36. The van der Waals surface area contributed by atoms with Crippen molar-refractivity contribution in [1.82, 2.24) is 0 Å². The lowest BCUT2D eigenvalue weighted by Gasteiger charge is -2.11. The first-order valence-corrected chi connectivity index (χ1v) is 6.61. The van der Waals surface area contributed by atoms with E-state index in [1.165, 1.54) is 0 Å². The first-order valence-electron chi connectivity index (χ1n) is 6.61. The number of amides is 1. The standard InChI is InChI=1S/C17H17NO3/c1-10-7-11(2)9-13(8-10)16(19)18-14-6-4-5-12(3)15(14)17(20)21/h4-9H,1-3H3,(H,18,19)(H,20,21). The molecule has 2 aromatic rings. The second-order valence-corrected chi connectivity index (χ2v) is 5.13. The number of aromatic carboxylic acids is 1. The number of benzene rings is 2. The van der Waals surface area contributed by atoms with Gasteiger partial charge in [-0.15, -0.1) is 0 Å². The quantitative estimate of drug-likeness (QED) is 0.905. The van der Waals surface area contributed by atoms with E-state index in [2.05, 4.69) is 5.32 Å². The molecule has 108 valence electrons. The summed E-state index contributed by atoms with van der Waals surface area (Å²) in [5, 5.41) is 12.0. The van der Waals surface area contributed by atoms with Crippen LogP contribution in [0.4, 0.5) is 5.69 Å². The summed E-state index contributed by atoms with van der Waals surface area (Å²) in [7, 11) is 0. The molecule has 0 bridgehead atoms. The lowest BCUT2D eigenvalue weighted by molar-refractivity contribution is 0.0697. The van der Waals surface area contributed by atoms with Crippen LogP contribution in [0.5, 0.6) is 0 Å². The van der Waals surface area contributed by atoms with Crippen LogP contribution in [-0.4, -0.2) is 17.0 Å². The molecule has 0 fully saturated rings. The molecule has 0 aliphatic rings. The normalized spacial score (nSPS) is 10.2. The van der Waals surface area contributed by atoms with E-state index < -0.39 is 5.97 Å². The van der Waals surface area contributed by atoms with E-state index in [1.807, 2.05) is 19.9 Å². The van der Waals surface area contributed by atoms with Crippen LogP contribution in [0.2, 0.25) is 0 Å². The van der Waals surface area contributed by atoms with Crippen LogP contribution in [0.1, 0.15) is 37.4 Å². The SMILES string of the molecule is Cc1cc(C)cc(C(=O)Nc2cccc(C)c2C(=O)O)c1. The maximum atomic E-state index is 12.3. The minimum Gasteiger partial charge on any atom is -0.478 e. The molecule has 4 nitrogen and oxygen atoms in total. The number of hydrogen-bond acceptors (Lipinski definition) is 2. The topological polar surface area (TPSA) is 66.4 Å². The van der Waals surface area contributed by atoms with Crippen LogP contribution in [0.25, 0.3) is 0 Å². The van der Waals surface area contributed by atoms with Gasteiger partial charge in [-0.3, -0.25) is 4.79 Å². The van der Waals surface area contributed by atoms with Crippen molar-refractivity contribution in [3.8, 4) is 0 Å². The van der Waals surface area contributed by atoms with E-state index >= 15 is 0 Å². The van der Waals surface area contributed by atoms with Crippen molar-refractivity contribution in [2.24, 2.45) is 0 Å². The van der Waals surface area contributed by atoms with Crippen LogP contribution in [0, 0.1) is 20.8 Å². The van der Waals surface area contributed by atoms with Crippen LogP contribution in [0.15, 0.2) is 36.4 Å². The van der Waals surface area contributed by atoms with Crippen molar-refractivity contribution in [3.05, 3.63) is 64.2 Å².